The summed E-state index contributed by atoms with van der Waals surface area (Å²) < 4.78 is 12.7. The van der Waals surface area contributed by atoms with Gasteiger partial charge in [0.05, 0.1) is 29.0 Å². The summed E-state index contributed by atoms with van der Waals surface area (Å²) in [5, 5.41) is 36.7. The molecule has 1 aromatic heterocycles. The number of ketones is 1. The number of ether oxygens (including phenoxy) is 1. The standard InChI is InChI=1S/C18H20N2O2.C16H13NO3S.C14H12N2O2.C11H16O.CH4/c1-18(2,3)14-8-9-17(21)16(11-14)19-12-13-6-5-7-15(10-13)20(4)22;1-19-13-5-3-2-4-11(13)14-7-6-10(20-14)8-15-12(18)9-16(17)21-15;1-16(18)12-6-4-5-11(9-12)10-15-13-7-2-3-8-14(13)17;1-8-7-9(11(2,3)4)5-6-10(8)12;/h5-12H,1-4H3;2-8,17H,9H2,1H3;2-10H,1H3;5-7,12H,1-4H3;1H4/p+2/b;15-8-,17-16?;;;. The molecule has 0 radical (unpaired) electrons. The number of nitroso groups, excluding NO2 is 2. The fourth-order valence-electron chi connectivity index (χ4n) is 6.80. The second kappa shape index (κ2) is 26.5. The topological polar surface area (TPSA) is 189 Å². The minimum atomic E-state index is -0.0276. The molecular weight excluding hydrogens is 951 g/mol. The highest BCUT2D eigenvalue weighted by Gasteiger charge is 2.24. The number of hydrogen-bond donors (Lipinski definition) is 4. The van der Waals surface area contributed by atoms with Gasteiger partial charge in [0.25, 0.3) is 11.4 Å². The number of phenolic OH excluding ortho intramolecular Hbond substituents is 3. The summed E-state index contributed by atoms with van der Waals surface area (Å²) in [5.41, 5.74) is 8.09. The van der Waals surface area contributed by atoms with Gasteiger partial charge in [-0.05, 0) is 106 Å². The molecule has 0 saturated carbocycles. The van der Waals surface area contributed by atoms with Crippen LogP contribution in [0.5, 0.6) is 23.0 Å². The molecule has 7 aromatic rings. The third-order valence-electron chi connectivity index (χ3n) is 11.1. The summed E-state index contributed by atoms with van der Waals surface area (Å²) in [4.78, 5) is 43.2. The number of thioether (sulfide) groups is 1. The number of furan rings is 1. The van der Waals surface area contributed by atoms with Gasteiger partial charge >= 0.3 is 0 Å². The maximum absolute atomic E-state index is 11.7. The van der Waals surface area contributed by atoms with Crippen LogP contribution in [0.25, 0.3) is 17.4 Å². The van der Waals surface area contributed by atoms with E-state index in [1.165, 1.54) is 31.4 Å². The first-order valence-corrected chi connectivity index (χ1v) is 24.1. The monoisotopic (exact) mass is 1020 g/mol. The molecule has 0 spiro atoms. The average molecular weight is 1020 g/mol. The van der Waals surface area contributed by atoms with E-state index >= 15 is 0 Å². The molecule has 6 aromatic carbocycles. The summed E-state index contributed by atoms with van der Waals surface area (Å²) in [6, 6.07) is 43.6. The van der Waals surface area contributed by atoms with E-state index in [1.807, 2.05) is 79.7 Å². The van der Waals surface area contributed by atoms with Crippen molar-refractivity contribution in [2.24, 2.45) is 9.98 Å². The summed E-state index contributed by atoms with van der Waals surface area (Å²) in [6.07, 6.45) is 5.14. The maximum Gasteiger partial charge on any atom is 0.256 e. The molecule has 0 unspecified atom stereocenters. The van der Waals surface area contributed by atoms with Crippen LogP contribution < -0.4 is 4.74 Å². The van der Waals surface area contributed by atoms with E-state index in [0.717, 1.165) is 43.1 Å². The van der Waals surface area contributed by atoms with Crippen molar-refractivity contribution in [2.75, 3.05) is 21.2 Å². The van der Waals surface area contributed by atoms with Gasteiger partial charge in [0.2, 0.25) is 0 Å². The number of nitrogens with one attached hydrogen (secondary N) is 1. The molecule has 0 bridgehead atoms. The Balaban J connectivity index is 0.000000217. The van der Waals surface area contributed by atoms with E-state index in [-0.39, 0.29) is 42.0 Å². The predicted octanol–water partition coefficient (Wildman–Crippen LogP) is 15.3. The van der Waals surface area contributed by atoms with E-state index in [9.17, 15) is 29.9 Å². The van der Waals surface area contributed by atoms with Crippen molar-refractivity contribution in [3.63, 3.8) is 0 Å². The highest BCUT2D eigenvalue weighted by molar-refractivity contribution is 8.18. The first kappa shape index (κ1) is 58.3. The Hall–Kier alpha value is -8.23. The van der Waals surface area contributed by atoms with Crippen LogP contribution in [0, 0.1) is 22.1 Å². The number of benzene rings is 6. The number of aromatic hydroxyl groups is 3. The SMILES string of the molecule is C.COc1ccccc1-c1ccc(/C=C2\SC(=N)CC2=O)o1.C[N+](=O)c1cccc(C=Nc2cc(C(C)(C)C)ccc2O)c1.C[N+](=O)c1cccc(C=Nc2ccccc2O)c1.Cc1cc(C(C)(C)C)ccc1O. The van der Waals surface area contributed by atoms with Crippen LogP contribution in [0.4, 0.5) is 22.7 Å². The van der Waals surface area contributed by atoms with Crippen molar-refractivity contribution in [3.8, 4) is 34.3 Å². The normalized spacial score (nSPS) is 12.8. The zero-order valence-electron chi connectivity index (χ0n) is 42.9. The number of carbonyl (C=O) groups is 1. The summed E-state index contributed by atoms with van der Waals surface area (Å²) in [6.45, 7) is 14.8. The smallest absolute Gasteiger partial charge is 0.256 e. The van der Waals surface area contributed by atoms with Gasteiger partial charge in [-0.1, -0.05) is 127 Å². The minimum Gasteiger partial charge on any atom is -0.508 e. The second-order valence-corrected chi connectivity index (χ2v) is 20.1. The van der Waals surface area contributed by atoms with Gasteiger partial charge in [-0.3, -0.25) is 20.2 Å². The first-order valence-electron chi connectivity index (χ1n) is 23.3. The molecule has 1 aliphatic rings. The quantitative estimate of drug-likeness (QED) is 0.0619. The fourth-order valence-corrected chi connectivity index (χ4v) is 7.63. The number of hydrogen-bond acceptors (Lipinski definition) is 12. The van der Waals surface area contributed by atoms with Crippen LogP contribution >= 0.6 is 11.8 Å². The molecule has 4 N–H and O–H groups in total. The Labute approximate surface area is 438 Å². The van der Waals surface area contributed by atoms with Crippen molar-refractivity contribution in [3.05, 3.63) is 194 Å². The Bertz CT molecular complexity index is 3190. The van der Waals surface area contributed by atoms with Crippen molar-refractivity contribution in [1.82, 2.24) is 0 Å². The van der Waals surface area contributed by atoms with Gasteiger partial charge in [-0.25, -0.2) is 0 Å². The van der Waals surface area contributed by atoms with E-state index in [2.05, 4.69) is 51.5 Å². The van der Waals surface area contributed by atoms with Gasteiger partial charge in [0.15, 0.2) is 19.9 Å². The Morgan fingerprint density at radius 1 is 0.649 bits per heavy atom. The lowest BCUT2D eigenvalue weighted by atomic mass is 9.86. The lowest BCUT2D eigenvalue weighted by Crippen LogP contribution is -2.10. The number of Topliss-reactive ketones (excluding diaryl/α,β-unsaturated/α-hetero) is 1. The third-order valence-corrected chi connectivity index (χ3v) is 12.0. The van der Waals surface area contributed by atoms with Crippen molar-refractivity contribution in [1.29, 1.82) is 5.41 Å². The number of methoxy groups -OCH3 is 1. The Morgan fingerprint density at radius 2 is 1.18 bits per heavy atom. The lowest BCUT2D eigenvalue weighted by molar-refractivity contribution is -0.428. The van der Waals surface area contributed by atoms with Crippen molar-refractivity contribution in [2.45, 2.75) is 73.1 Å². The molecule has 2 heterocycles. The highest BCUT2D eigenvalue weighted by Crippen LogP contribution is 2.36. The van der Waals surface area contributed by atoms with E-state index < -0.39 is 0 Å². The average Bonchev–Trinajstić information content (AvgIpc) is 3.95. The van der Waals surface area contributed by atoms with Crippen LogP contribution in [0.1, 0.15) is 89.0 Å². The number of para-hydroxylation sites is 3. The molecule has 1 saturated heterocycles. The summed E-state index contributed by atoms with van der Waals surface area (Å²) in [7, 11) is 4.51. The van der Waals surface area contributed by atoms with E-state index in [4.69, 9.17) is 14.6 Å². The molecule has 0 atom stereocenters. The Morgan fingerprint density at radius 3 is 1.70 bits per heavy atom. The van der Waals surface area contributed by atoms with Crippen LogP contribution in [0.2, 0.25) is 0 Å². The van der Waals surface area contributed by atoms with Crippen LogP contribution in [-0.2, 0) is 15.6 Å². The number of phenols is 3. The molecule has 1 fully saturated rings. The largest absolute Gasteiger partial charge is 0.508 e. The summed E-state index contributed by atoms with van der Waals surface area (Å²) >= 11 is 1.19. The first-order chi connectivity index (χ1) is 34.5. The highest BCUT2D eigenvalue weighted by atomic mass is 32.2. The van der Waals surface area contributed by atoms with Gasteiger partial charge in [0, 0.05) is 56.0 Å². The molecule has 0 aliphatic carbocycles. The number of aryl methyl sites for hydroxylation is 1. The molecule has 14 heteroatoms. The van der Waals surface area contributed by atoms with Gasteiger partial charge in [0.1, 0.15) is 45.9 Å². The number of carbonyl (C=O) groups excluding carboxylic acids is 1. The van der Waals surface area contributed by atoms with Crippen LogP contribution in [0.15, 0.2) is 165 Å². The van der Waals surface area contributed by atoms with Crippen molar-refractivity contribution >= 4 is 63.8 Å². The van der Waals surface area contributed by atoms with Crippen molar-refractivity contribution < 1.29 is 38.8 Å². The van der Waals surface area contributed by atoms with E-state index in [1.54, 1.807) is 98.4 Å². The Kier molecular flexibility index (Phi) is 20.9. The van der Waals surface area contributed by atoms with Gasteiger partial charge in [-0.2, -0.15) is 0 Å². The number of allylic oxidation sites excluding steroid dienone is 1. The summed E-state index contributed by atoms with van der Waals surface area (Å²) in [5.74, 6) is 2.64. The predicted molar refractivity (Wildman–Crippen MR) is 303 cm³/mol. The molecule has 8 rings (SSSR count). The number of nitrogens with zero attached hydrogens (tertiary/aromatic N) is 4. The van der Waals surface area contributed by atoms with Gasteiger partial charge in [-0.15, -0.1) is 0 Å². The van der Waals surface area contributed by atoms with Crippen LogP contribution in [-0.4, -0.2) is 69.3 Å². The molecule has 74 heavy (non-hydrogen) atoms. The zero-order chi connectivity index (χ0) is 53.5. The van der Waals surface area contributed by atoms with E-state index in [0.29, 0.717) is 50.0 Å². The molecule has 1 aliphatic heterocycles. The lowest BCUT2D eigenvalue weighted by Gasteiger charge is -2.19. The minimum absolute atomic E-state index is 0. The fraction of sp³-hybridized carbons (Fsp3) is 0.233. The number of rotatable bonds is 9. The number of aliphatic imine (C=N–C) groups is 2. The molecule has 13 nitrogen and oxygen atoms in total. The second-order valence-electron chi connectivity index (χ2n) is 18.9. The zero-order valence-corrected chi connectivity index (χ0v) is 43.7. The molecular formula is C60H67N5O8S+2. The molecule has 384 valence electrons. The maximum atomic E-state index is 11.7. The van der Waals surface area contributed by atoms with Gasteiger partial charge < -0.3 is 24.5 Å². The third kappa shape index (κ3) is 17.2. The molecule has 0 amide bonds. The van der Waals surface area contributed by atoms with Crippen LogP contribution in [0.3, 0.4) is 0 Å².